The van der Waals surface area contributed by atoms with E-state index < -0.39 is 5.60 Å². The fourth-order valence-corrected chi connectivity index (χ4v) is 2.56. The molecule has 1 fully saturated rings. The molecule has 0 aromatic carbocycles. The van der Waals surface area contributed by atoms with E-state index in [0.717, 1.165) is 25.7 Å². The summed E-state index contributed by atoms with van der Waals surface area (Å²) in [7, 11) is 0. The molecule has 7 nitrogen and oxygen atoms in total. The third-order valence-electron chi connectivity index (χ3n) is 3.57. The number of amides is 1. The maximum atomic E-state index is 11.7. The zero-order valence-electron chi connectivity index (χ0n) is 13.8. The third-order valence-corrected chi connectivity index (χ3v) is 3.57. The summed E-state index contributed by atoms with van der Waals surface area (Å²) >= 11 is 0. The summed E-state index contributed by atoms with van der Waals surface area (Å²) in [6.07, 6.45) is 3.59. The Morgan fingerprint density at radius 3 is 2.45 bits per heavy atom. The van der Waals surface area contributed by atoms with Crippen LogP contribution in [0, 0.1) is 6.92 Å². The van der Waals surface area contributed by atoms with Gasteiger partial charge in [0.05, 0.1) is 6.54 Å². The van der Waals surface area contributed by atoms with E-state index in [1.165, 1.54) is 0 Å². The summed E-state index contributed by atoms with van der Waals surface area (Å²) in [6, 6.07) is 0.621. The van der Waals surface area contributed by atoms with Gasteiger partial charge in [-0.1, -0.05) is 5.16 Å². The Hall–Kier alpha value is -1.63. The molecule has 1 heterocycles. The first kappa shape index (κ1) is 16.7. The van der Waals surface area contributed by atoms with Gasteiger partial charge in [0.1, 0.15) is 5.60 Å². The standard InChI is InChI=1S/C15H26N4O3/c1-10-17-13(19-22-10)9-16-11-5-7-12(8-6-11)18-14(20)21-15(2,3)4/h11-12,16H,5-9H2,1-4H3,(H,18,20). The highest BCUT2D eigenvalue weighted by Crippen LogP contribution is 2.19. The largest absolute Gasteiger partial charge is 0.444 e. The van der Waals surface area contributed by atoms with Crippen molar-refractivity contribution < 1.29 is 14.1 Å². The second kappa shape index (κ2) is 7.09. The lowest BCUT2D eigenvalue weighted by molar-refractivity contribution is 0.0489. The van der Waals surface area contributed by atoms with Crippen LogP contribution in [-0.2, 0) is 11.3 Å². The van der Waals surface area contributed by atoms with Crippen LogP contribution < -0.4 is 10.6 Å². The van der Waals surface area contributed by atoms with Crippen LogP contribution in [0.15, 0.2) is 4.52 Å². The minimum atomic E-state index is -0.453. The molecule has 2 rings (SSSR count). The fraction of sp³-hybridized carbons (Fsp3) is 0.800. The molecule has 0 aliphatic heterocycles. The van der Waals surface area contributed by atoms with Gasteiger partial charge in [-0.25, -0.2) is 4.79 Å². The van der Waals surface area contributed by atoms with Gasteiger partial charge >= 0.3 is 6.09 Å². The first-order chi connectivity index (χ1) is 10.3. The van der Waals surface area contributed by atoms with Crippen molar-refractivity contribution in [1.29, 1.82) is 0 Å². The first-order valence-electron chi connectivity index (χ1n) is 7.84. The van der Waals surface area contributed by atoms with Crippen molar-refractivity contribution in [2.24, 2.45) is 0 Å². The summed E-state index contributed by atoms with van der Waals surface area (Å²) in [5.74, 6) is 1.27. The van der Waals surface area contributed by atoms with E-state index in [4.69, 9.17) is 9.26 Å². The SMILES string of the molecule is Cc1nc(CNC2CCC(NC(=O)OC(C)(C)C)CC2)no1. The summed E-state index contributed by atoms with van der Waals surface area (Å²) in [4.78, 5) is 15.9. The van der Waals surface area contributed by atoms with Crippen molar-refractivity contribution in [3.05, 3.63) is 11.7 Å². The lowest BCUT2D eigenvalue weighted by atomic mass is 9.91. The summed E-state index contributed by atoms with van der Waals surface area (Å²) in [5, 5.41) is 10.2. The molecule has 2 N–H and O–H groups in total. The van der Waals surface area contributed by atoms with Crippen LogP contribution in [0.25, 0.3) is 0 Å². The number of aryl methyl sites for hydroxylation is 1. The minimum absolute atomic E-state index is 0.195. The Balaban J connectivity index is 1.66. The Morgan fingerprint density at radius 1 is 1.27 bits per heavy atom. The van der Waals surface area contributed by atoms with Crippen molar-refractivity contribution in [1.82, 2.24) is 20.8 Å². The minimum Gasteiger partial charge on any atom is -0.444 e. The van der Waals surface area contributed by atoms with Gasteiger partial charge in [0.2, 0.25) is 5.89 Å². The molecule has 1 saturated carbocycles. The number of aromatic nitrogens is 2. The van der Waals surface area contributed by atoms with Crippen molar-refractivity contribution in [3.8, 4) is 0 Å². The van der Waals surface area contributed by atoms with Crippen LogP contribution in [0.4, 0.5) is 4.79 Å². The molecule has 0 spiro atoms. The Morgan fingerprint density at radius 2 is 1.91 bits per heavy atom. The van der Waals surface area contributed by atoms with Crippen molar-refractivity contribution in [2.45, 2.75) is 77.6 Å². The predicted octanol–water partition coefficient (Wildman–Crippen LogP) is 2.30. The van der Waals surface area contributed by atoms with Crippen molar-refractivity contribution in [3.63, 3.8) is 0 Å². The van der Waals surface area contributed by atoms with Gasteiger partial charge in [-0.2, -0.15) is 4.98 Å². The maximum Gasteiger partial charge on any atom is 0.407 e. The second-order valence-electron chi connectivity index (χ2n) is 6.81. The number of hydrogen-bond donors (Lipinski definition) is 2. The quantitative estimate of drug-likeness (QED) is 0.887. The number of rotatable bonds is 4. The predicted molar refractivity (Wildman–Crippen MR) is 81.3 cm³/mol. The highest BCUT2D eigenvalue weighted by molar-refractivity contribution is 5.68. The van der Waals surface area contributed by atoms with Gasteiger partial charge in [0, 0.05) is 19.0 Å². The van der Waals surface area contributed by atoms with Gasteiger partial charge in [-0.15, -0.1) is 0 Å². The van der Waals surface area contributed by atoms with Crippen molar-refractivity contribution in [2.75, 3.05) is 0 Å². The number of carbonyl (C=O) groups excluding carboxylic acids is 1. The van der Waals surface area contributed by atoms with E-state index in [2.05, 4.69) is 20.8 Å². The van der Waals surface area contributed by atoms with Crippen LogP contribution in [0.1, 0.15) is 58.2 Å². The monoisotopic (exact) mass is 310 g/mol. The van der Waals surface area contributed by atoms with Gasteiger partial charge in [-0.05, 0) is 46.5 Å². The number of ether oxygens (including phenoxy) is 1. The Kier molecular flexibility index (Phi) is 5.39. The summed E-state index contributed by atoms with van der Waals surface area (Å²) < 4.78 is 10.2. The highest BCUT2D eigenvalue weighted by Gasteiger charge is 2.24. The maximum absolute atomic E-state index is 11.7. The first-order valence-corrected chi connectivity index (χ1v) is 7.84. The fourth-order valence-electron chi connectivity index (χ4n) is 2.56. The zero-order chi connectivity index (χ0) is 16.2. The molecule has 0 atom stereocenters. The van der Waals surface area contributed by atoms with Gasteiger partial charge < -0.3 is 19.9 Å². The summed E-state index contributed by atoms with van der Waals surface area (Å²) in [5.41, 5.74) is -0.453. The number of hydrogen-bond acceptors (Lipinski definition) is 6. The van der Waals surface area contributed by atoms with Gasteiger partial charge in [0.25, 0.3) is 0 Å². The molecule has 22 heavy (non-hydrogen) atoms. The number of nitrogens with one attached hydrogen (secondary N) is 2. The lowest BCUT2D eigenvalue weighted by Crippen LogP contribution is -2.43. The van der Waals surface area contributed by atoms with E-state index in [9.17, 15) is 4.79 Å². The molecule has 0 unspecified atom stereocenters. The zero-order valence-corrected chi connectivity index (χ0v) is 13.8. The molecule has 0 bridgehead atoms. The number of nitrogens with zero attached hydrogens (tertiary/aromatic N) is 2. The van der Waals surface area contributed by atoms with Crippen molar-refractivity contribution >= 4 is 6.09 Å². The van der Waals surface area contributed by atoms with E-state index in [0.29, 0.717) is 24.3 Å². The Labute approximate surface area is 131 Å². The highest BCUT2D eigenvalue weighted by atomic mass is 16.6. The van der Waals surface area contributed by atoms with E-state index >= 15 is 0 Å². The second-order valence-corrected chi connectivity index (χ2v) is 6.81. The van der Waals surface area contributed by atoms with E-state index in [1.807, 2.05) is 20.8 Å². The molecule has 1 aliphatic carbocycles. The van der Waals surface area contributed by atoms with Crippen LogP contribution in [-0.4, -0.2) is 33.9 Å². The van der Waals surface area contributed by atoms with E-state index in [1.54, 1.807) is 6.92 Å². The van der Waals surface area contributed by atoms with Crippen LogP contribution in [0.3, 0.4) is 0 Å². The smallest absolute Gasteiger partial charge is 0.407 e. The summed E-state index contributed by atoms with van der Waals surface area (Å²) in [6.45, 7) is 8.00. The molecule has 1 aliphatic rings. The molecule has 1 amide bonds. The van der Waals surface area contributed by atoms with E-state index in [-0.39, 0.29) is 12.1 Å². The van der Waals surface area contributed by atoms with Crippen LogP contribution in [0.5, 0.6) is 0 Å². The Bertz CT molecular complexity index is 487. The average molecular weight is 310 g/mol. The van der Waals surface area contributed by atoms with Crippen LogP contribution in [0.2, 0.25) is 0 Å². The molecule has 1 aromatic rings. The molecule has 7 heteroatoms. The molecule has 124 valence electrons. The normalized spacial score (nSPS) is 22.4. The molecule has 0 saturated heterocycles. The van der Waals surface area contributed by atoms with Gasteiger partial charge in [0.15, 0.2) is 5.82 Å². The average Bonchev–Trinajstić information content (AvgIpc) is 2.81. The molecule has 1 aromatic heterocycles. The molecular weight excluding hydrogens is 284 g/mol. The third kappa shape index (κ3) is 5.63. The number of alkyl carbamates (subject to hydrolysis) is 1. The molecule has 0 radical (unpaired) electrons. The lowest BCUT2D eigenvalue weighted by Gasteiger charge is -2.30. The molecular formula is C15H26N4O3. The number of carbonyl (C=O) groups is 1. The van der Waals surface area contributed by atoms with Crippen LogP contribution >= 0.6 is 0 Å². The van der Waals surface area contributed by atoms with Gasteiger partial charge in [-0.3, -0.25) is 0 Å². The topological polar surface area (TPSA) is 89.3 Å².